The predicted octanol–water partition coefficient (Wildman–Crippen LogP) is 3.57. The van der Waals surface area contributed by atoms with Crippen molar-refractivity contribution in [1.29, 1.82) is 0 Å². The summed E-state index contributed by atoms with van der Waals surface area (Å²) in [6.07, 6.45) is 3.77. The molecule has 0 N–H and O–H groups in total. The topological polar surface area (TPSA) is 0 Å². The van der Waals surface area contributed by atoms with Crippen molar-refractivity contribution in [2.24, 2.45) is 0 Å². The molecule has 4 aromatic rings. The molecule has 0 nitrogen and oxygen atoms in total. The summed E-state index contributed by atoms with van der Waals surface area (Å²) < 4.78 is 0. The Balaban J connectivity index is 0.00000256. The van der Waals surface area contributed by atoms with Crippen molar-refractivity contribution in [2.45, 2.75) is 25.3 Å². The van der Waals surface area contributed by atoms with Crippen LogP contribution in [-0.2, 0) is 25.3 Å². The molecule has 0 aliphatic rings. The van der Waals surface area contributed by atoms with E-state index in [9.17, 15) is 0 Å². The van der Waals surface area contributed by atoms with Crippen LogP contribution in [0.3, 0.4) is 0 Å². The molecule has 2 heteroatoms. The molecule has 4 rings (SSSR count). The van der Waals surface area contributed by atoms with Gasteiger partial charge in [0.15, 0.2) is 0 Å². The molecule has 0 atom stereocenters. The molecule has 0 aromatic heterocycles. The Morgan fingerprint density at radius 2 is 0.533 bits per heavy atom. The van der Waals surface area contributed by atoms with E-state index in [2.05, 4.69) is 121 Å². The Bertz CT molecular complexity index is 814. The standard InChI is InChI=1S/C28H28B.Na/c1-5-13-25(14-6-1)21-29(22-26-15-7-2-8-16-26,23-27-17-9-3-10-18-27)24-28-19-11-4-12-20-28;/h1-20H,21-24H2;/q-1;+1. The average molecular weight is 398 g/mol. The second-order valence-electron chi connectivity index (χ2n) is 8.49. The van der Waals surface area contributed by atoms with Gasteiger partial charge in [-0.3, -0.25) is 0 Å². The molecule has 30 heavy (non-hydrogen) atoms. The van der Waals surface area contributed by atoms with Crippen LogP contribution in [0.2, 0.25) is 0 Å². The van der Waals surface area contributed by atoms with Crippen LogP contribution < -0.4 is 29.6 Å². The number of benzene rings is 4. The summed E-state index contributed by atoms with van der Waals surface area (Å²) in [5.74, 6) is 0. The minimum atomic E-state index is -0.727. The third-order valence-corrected chi connectivity index (χ3v) is 6.05. The van der Waals surface area contributed by atoms with E-state index in [1.165, 1.54) is 22.3 Å². The Kier molecular flexibility index (Phi) is 8.57. The Morgan fingerprint density at radius 1 is 0.333 bits per heavy atom. The zero-order chi connectivity index (χ0) is 19.8. The van der Waals surface area contributed by atoms with Gasteiger partial charge in [-0.2, -0.15) is 25.3 Å². The zero-order valence-corrected chi connectivity index (χ0v) is 20.0. The van der Waals surface area contributed by atoms with E-state index in [-0.39, 0.29) is 29.6 Å². The Labute approximate surface area is 203 Å². The van der Waals surface area contributed by atoms with E-state index in [4.69, 9.17) is 0 Å². The third kappa shape index (κ3) is 6.47. The Hall–Kier alpha value is -2.06. The van der Waals surface area contributed by atoms with Crippen molar-refractivity contribution in [3.8, 4) is 0 Å². The SMILES string of the molecule is [Na+].c1ccc(C[B-](Cc2ccccc2)(Cc2ccccc2)Cc2ccccc2)cc1. The van der Waals surface area contributed by atoms with Crippen LogP contribution in [0.15, 0.2) is 121 Å². The summed E-state index contributed by atoms with van der Waals surface area (Å²) in [6, 6.07) is 44.1. The normalized spacial score (nSPS) is 10.9. The fraction of sp³-hybridized carbons (Fsp3) is 0.143. The van der Waals surface area contributed by atoms with Gasteiger partial charge in [-0.1, -0.05) is 144 Å². The second-order valence-corrected chi connectivity index (χ2v) is 8.49. The predicted molar refractivity (Wildman–Crippen MR) is 126 cm³/mol. The van der Waals surface area contributed by atoms with E-state index in [0.29, 0.717) is 0 Å². The van der Waals surface area contributed by atoms with Gasteiger partial charge >= 0.3 is 29.6 Å². The van der Waals surface area contributed by atoms with Crippen LogP contribution in [0.5, 0.6) is 0 Å². The molecule has 0 saturated heterocycles. The maximum absolute atomic E-state index is 2.29. The summed E-state index contributed by atoms with van der Waals surface area (Å²) >= 11 is 0. The zero-order valence-electron chi connectivity index (χ0n) is 18.0. The molecular formula is C28H28BNa. The minimum Gasteiger partial charge on any atom is -0.152 e. The van der Waals surface area contributed by atoms with Gasteiger partial charge in [-0.05, 0) is 0 Å². The average Bonchev–Trinajstić information content (AvgIpc) is 2.76. The number of rotatable bonds is 8. The molecule has 0 fully saturated rings. The van der Waals surface area contributed by atoms with Crippen LogP contribution >= 0.6 is 0 Å². The van der Waals surface area contributed by atoms with Crippen LogP contribution in [0.1, 0.15) is 22.3 Å². The van der Waals surface area contributed by atoms with E-state index in [0.717, 1.165) is 25.3 Å². The summed E-state index contributed by atoms with van der Waals surface area (Å²) in [6.45, 7) is 0. The van der Waals surface area contributed by atoms with E-state index >= 15 is 0 Å². The third-order valence-electron chi connectivity index (χ3n) is 6.05. The summed E-state index contributed by atoms with van der Waals surface area (Å²) in [4.78, 5) is 0. The van der Waals surface area contributed by atoms with Crippen molar-refractivity contribution in [2.75, 3.05) is 0 Å². The largest absolute Gasteiger partial charge is 1.00 e. The van der Waals surface area contributed by atoms with Gasteiger partial charge in [0, 0.05) is 6.15 Å². The molecule has 0 unspecified atom stereocenters. The van der Waals surface area contributed by atoms with Crippen LogP contribution in [0.4, 0.5) is 0 Å². The first-order chi connectivity index (χ1) is 14.3. The molecule has 0 heterocycles. The van der Waals surface area contributed by atoms with Crippen molar-refractivity contribution in [3.63, 3.8) is 0 Å². The van der Waals surface area contributed by atoms with Gasteiger partial charge in [0.1, 0.15) is 0 Å². The number of hydrogen-bond donors (Lipinski definition) is 0. The van der Waals surface area contributed by atoms with Gasteiger partial charge in [-0.25, -0.2) is 0 Å². The molecule has 0 spiro atoms. The second kappa shape index (κ2) is 11.4. The maximum Gasteiger partial charge on any atom is 1.00 e. The molecular weight excluding hydrogens is 370 g/mol. The van der Waals surface area contributed by atoms with Gasteiger partial charge in [0.25, 0.3) is 0 Å². The summed E-state index contributed by atoms with van der Waals surface area (Å²) in [5.41, 5.74) is 5.76. The van der Waals surface area contributed by atoms with Crippen LogP contribution in [0, 0.1) is 0 Å². The molecule has 0 aliphatic heterocycles. The smallest absolute Gasteiger partial charge is 0.152 e. The molecule has 0 saturated carbocycles. The summed E-state index contributed by atoms with van der Waals surface area (Å²) in [7, 11) is 0. The van der Waals surface area contributed by atoms with Crippen LogP contribution in [0.25, 0.3) is 0 Å². The molecule has 144 valence electrons. The van der Waals surface area contributed by atoms with Gasteiger partial charge in [0.2, 0.25) is 0 Å². The van der Waals surface area contributed by atoms with Crippen molar-refractivity contribution in [1.82, 2.24) is 0 Å². The van der Waals surface area contributed by atoms with E-state index in [1.54, 1.807) is 0 Å². The molecule has 0 amide bonds. The quantitative estimate of drug-likeness (QED) is 0.398. The van der Waals surface area contributed by atoms with Crippen molar-refractivity contribution >= 4 is 6.15 Å². The van der Waals surface area contributed by atoms with Gasteiger partial charge in [0.05, 0.1) is 0 Å². The number of hydrogen-bond acceptors (Lipinski definition) is 0. The monoisotopic (exact) mass is 398 g/mol. The first kappa shape index (κ1) is 22.6. The van der Waals surface area contributed by atoms with Gasteiger partial charge < -0.3 is 0 Å². The first-order valence-electron chi connectivity index (χ1n) is 10.7. The van der Waals surface area contributed by atoms with Crippen molar-refractivity contribution < 1.29 is 29.6 Å². The molecule has 4 aromatic carbocycles. The fourth-order valence-electron chi connectivity index (χ4n) is 4.89. The maximum atomic E-state index is 2.29. The van der Waals surface area contributed by atoms with Gasteiger partial charge in [-0.15, -0.1) is 0 Å². The first-order valence-corrected chi connectivity index (χ1v) is 10.7. The molecule has 0 aliphatic carbocycles. The molecule has 0 bridgehead atoms. The van der Waals surface area contributed by atoms with E-state index < -0.39 is 6.15 Å². The Morgan fingerprint density at radius 3 is 0.733 bits per heavy atom. The van der Waals surface area contributed by atoms with E-state index in [1.807, 2.05) is 0 Å². The van der Waals surface area contributed by atoms with Crippen molar-refractivity contribution in [3.05, 3.63) is 144 Å². The fourth-order valence-corrected chi connectivity index (χ4v) is 4.89. The molecule has 0 radical (unpaired) electrons. The summed E-state index contributed by atoms with van der Waals surface area (Å²) in [5, 5.41) is 0. The minimum absolute atomic E-state index is 0. The van der Waals surface area contributed by atoms with Crippen LogP contribution in [-0.4, -0.2) is 6.15 Å².